The molecular weight excluding hydrogens is 448 g/mol. The first kappa shape index (κ1) is 26.0. The molecule has 0 unspecified atom stereocenters. The van der Waals surface area contributed by atoms with Crippen LogP contribution in [0, 0.1) is 6.92 Å². The number of amides is 1. The van der Waals surface area contributed by atoms with E-state index in [1.165, 1.54) is 0 Å². The van der Waals surface area contributed by atoms with Crippen molar-refractivity contribution in [3.8, 4) is 5.75 Å². The third kappa shape index (κ3) is 5.95. The van der Waals surface area contributed by atoms with Gasteiger partial charge in [0.25, 0.3) is 0 Å². The summed E-state index contributed by atoms with van der Waals surface area (Å²) in [4.78, 5) is 13.3. The Bertz CT molecular complexity index is 1070. The maximum atomic E-state index is 13.3. The van der Waals surface area contributed by atoms with Gasteiger partial charge in [-0.15, -0.1) is 0 Å². The molecule has 2 aromatic carbocycles. The van der Waals surface area contributed by atoms with Crippen LogP contribution >= 0.6 is 11.6 Å². The van der Waals surface area contributed by atoms with Crippen molar-refractivity contribution in [3.05, 3.63) is 58.1 Å². The molecule has 176 valence electrons. The molecular formula is C24H33ClN2O4S. The van der Waals surface area contributed by atoms with Gasteiger partial charge in [-0.25, -0.2) is 8.42 Å². The van der Waals surface area contributed by atoms with Crippen molar-refractivity contribution in [1.29, 1.82) is 0 Å². The van der Waals surface area contributed by atoms with Crippen molar-refractivity contribution in [3.63, 3.8) is 0 Å². The van der Waals surface area contributed by atoms with Crippen molar-refractivity contribution in [1.82, 2.24) is 5.32 Å². The molecule has 0 saturated carbocycles. The molecule has 2 aromatic rings. The normalized spacial score (nSPS) is 13.5. The van der Waals surface area contributed by atoms with Crippen LogP contribution in [-0.4, -0.2) is 33.7 Å². The van der Waals surface area contributed by atoms with Crippen LogP contribution in [0.1, 0.15) is 62.8 Å². The average Bonchev–Trinajstić information content (AvgIpc) is 2.69. The molecule has 0 aromatic heterocycles. The summed E-state index contributed by atoms with van der Waals surface area (Å²) in [5, 5.41) is 3.41. The lowest BCUT2D eigenvalue weighted by molar-refractivity contribution is -0.122. The molecule has 0 fully saturated rings. The van der Waals surface area contributed by atoms with Gasteiger partial charge in [-0.05, 0) is 73.2 Å². The summed E-state index contributed by atoms with van der Waals surface area (Å²) in [6.07, 6.45) is 1.40. The highest BCUT2D eigenvalue weighted by atomic mass is 35.5. The number of benzene rings is 2. The zero-order chi connectivity index (χ0) is 24.2. The number of ether oxygens (including phenoxy) is 1. The van der Waals surface area contributed by atoms with E-state index >= 15 is 0 Å². The first-order valence-corrected chi connectivity index (χ1v) is 12.9. The molecule has 2 rings (SSSR count). The lowest BCUT2D eigenvalue weighted by Crippen LogP contribution is -2.49. The summed E-state index contributed by atoms with van der Waals surface area (Å²) in [5.74, 6) is 0.696. The first-order chi connectivity index (χ1) is 14.9. The highest BCUT2D eigenvalue weighted by Crippen LogP contribution is 2.32. The second-order valence-corrected chi connectivity index (χ2v) is 10.6. The van der Waals surface area contributed by atoms with Gasteiger partial charge in [-0.1, -0.05) is 38.4 Å². The molecule has 0 aliphatic rings. The molecule has 0 bridgehead atoms. The van der Waals surface area contributed by atoms with E-state index in [-0.39, 0.29) is 17.9 Å². The topological polar surface area (TPSA) is 75.7 Å². The van der Waals surface area contributed by atoms with Crippen LogP contribution in [0.15, 0.2) is 36.4 Å². The Morgan fingerprint density at radius 1 is 1.16 bits per heavy atom. The molecule has 0 saturated heterocycles. The monoisotopic (exact) mass is 480 g/mol. The number of nitrogens with zero attached hydrogens (tertiary/aromatic N) is 1. The van der Waals surface area contributed by atoms with Gasteiger partial charge in [-0.2, -0.15) is 0 Å². The highest BCUT2D eigenvalue weighted by molar-refractivity contribution is 7.92. The average molecular weight is 481 g/mol. The number of hydrogen-bond donors (Lipinski definition) is 1. The molecule has 0 radical (unpaired) electrons. The van der Waals surface area contributed by atoms with Gasteiger partial charge in [0.2, 0.25) is 15.9 Å². The molecule has 1 N–H and O–H groups in total. The van der Waals surface area contributed by atoms with E-state index in [2.05, 4.69) is 25.2 Å². The minimum Gasteiger partial charge on any atom is -0.496 e. The molecule has 32 heavy (non-hydrogen) atoms. The van der Waals surface area contributed by atoms with E-state index in [0.717, 1.165) is 33.0 Å². The number of halogens is 1. The van der Waals surface area contributed by atoms with E-state index in [1.807, 2.05) is 19.9 Å². The Morgan fingerprint density at radius 3 is 2.31 bits per heavy atom. The summed E-state index contributed by atoms with van der Waals surface area (Å²) >= 11 is 6.08. The lowest BCUT2D eigenvalue weighted by atomic mass is 9.93. The van der Waals surface area contributed by atoms with E-state index in [4.69, 9.17) is 16.3 Å². The number of carbonyl (C=O) groups excluding carboxylic acids is 1. The molecule has 8 heteroatoms. The quantitative estimate of drug-likeness (QED) is 0.535. The third-order valence-corrected chi connectivity index (χ3v) is 6.87. The van der Waals surface area contributed by atoms with Gasteiger partial charge < -0.3 is 10.1 Å². The second kappa shape index (κ2) is 10.6. The minimum atomic E-state index is -3.73. The number of methoxy groups -OCH3 is 1. The Labute approximate surface area is 197 Å². The van der Waals surface area contributed by atoms with Gasteiger partial charge >= 0.3 is 0 Å². The van der Waals surface area contributed by atoms with Crippen LogP contribution in [0.4, 0.5) is 5.69 Å². The number of sulfonamides is 1. The van der Waals surface area contributed by atoms with E-state index in [0.29, 0.717) is 17.1 Å². The molecule has 2 atom stereocenters. The molecule has 6 nitrogen and oxygen atoms in total. The second-order valence-electron chi connectivity index (χ2n) is 8.30. The summed E-state index contributed by atoms with van der Waals surface area (Å²) in [5.41, 5.74) is 3.36. The summed E-state index contributed by atoms with van der Waals surface area (Å²) in [7, 11) is -2.08. The van der Waals surface area contributed by atoms with E-state index < -0.39 is 16.1 Å². The molecule has 0 heterocycles. The maximum Gasteiger partial charge on any atom is 0.244 e. The van der Waals surface area contributed by atoms with Gasteiger partial charge in [0, 0.05) is 5.02 Å². The Kier molecular flexibility index (Phi) is 8.60. The first-order valence-electron chi connectivity index (χ1n) is 10.6. The molecule has 0 spiro atoms. The Hall–Kier alpha value is -2.25. The smallest absolute Gasteiger partial charge is 0.244 e. The zero-order valence-corrected chi connectivity index (χ0v) is 21.3. The summed E-state index contributed by atoms with van der Waals surface area (Å²) < 4.78 is 31.9. The van der Waals surface area contributed by atoms with E-state index in [9.17, 15) is 13.2 Å². The number of nitrogens with one attached hydrogen (secondary N) is 1. The van der Waals surface area contributed by atoms with Crippen LogP contribution in [-0.2, 0) is 14.8 Å². The van der Waals surface area contributed by atoms with Crippen molar-refractivity contribution in [2.45, 2.75) is 59.0 Å². The number of rotatable bonds is 9. The predicted molar refractivity (Wildman–Crippen MR) is 131 cm³/mol. The van der Waals surface area contributed by atoms with Gasteiger partial charge in [-0.3, -0.25) is 9.10 Å². The highest BCUT2D eigenvalue weighted by Gasteiger charge is 2.32. The Balaban J connectivity index is 2.39. The number of aryl methyl sites for hydroxylation is 1. The largest absolute Gasteiger partial charge is 0.496 e. The standard InChI is InChI=1S/C24H33ClN2O4S/c1-8-22(27(32(7,29)30)19-11-9-10-18(25)13-19)24(28)26-17(5)21-14-20(15(2)3)23(31-6)12-16(21)4/h9-15,17,22H,8H2,1-7H3,(H,26,28)/t17-,22+/m1/s1. The molecule has 1 amide bonds. The summed E-state index contributed by atoms with van der Waals surface area (Å²) in [6.45, 7) is 9.82. The predicted octanol–water partition coefficient (Wildman–Crippen LogP) is 5.20. The fourth-order valence-corrected chi connectivity index (χ4v) is 5.26. The fraction of sp³-hybridized carbons (Fsp3) is 0.458. The third-order valence-electron chi connectivity index (χ3n) is 5.46. The van der Waals surface area contributed by atoms with Gasteiger partial charge in [0.15, 0.2) is 0 Å². The van der Waals surface area contributed by atoms with Crippen LogP contribution in [0.25, 0.3) is 0 Å². The summed E-state index contributed by atoms with van der Waals surface area (Å²) in [6, 6.07) is 9.30. The van der Waals surface area contributed by atoms with Crippen LogP contribution in [0.3, 0.4) is 0 Å². The number of carbonyl (C=O) groups is 1. The van der Waals surface area contributed by atoms with Gasteiger partial charge in [0.05, 0.1) is 25.1 Å². The van der Waals surface area contributed by atoms with Gasteiger partial charge in [0.1, 0.15) is 11.8 Å². The molecule has 0 aliphatic carbocycles. The maximum absolute atomic E-state index is 13.3. The minimum absolute atomic E-state index is 0.249. The van der Waals surface area contributed by atoms with Crippen LogP contribution < -0.4 is 14.4 Å². The van der Waals surface area contributed by atoms with Crippen molar-refractivity contribution < 1.29 is 17.9 Å². The fourth-order valence-electron chi connectivity index (χ4n) is 3.87. The van der Waals surface area contributed by atoms with Crippen molar-refractivity contribution >= 4 is 33.2 Å². The SMILES string of the molecule is CC[C@@H](C(=O)N[C@H](C)c1cc(C(C)C)c(OC)cc1C)N(c1cccc(Cl)c1)S(C)(=O)=O. The van der Waals surface area contributed by atoms with Crippen molar-refractivity contribution in [2.24, 2.45) is 0 Å². The zero-order valence-electron chi connectivity index (χ0n) is 19.8. The van der Waals surface area contributed by atoms with Crippen molar-refractivity contribution in [2.75, 3.05) is 17.7 Å². The lowest BCUT2D eigenvalue weighted by Gasteiger charge is -2.31. The van der Waals surface area contributed by atoms with Crippen LogP contribution in [0.2, 0.25) is 5.02 Å². The number of anilines is 1. The Morgan fingerprint density at radius 2 is 1.81 bits per heavy atom. The van der Waals surface area contributed by atoms with E-state index in [1.54, 1.807) is 38.3 Å². The molecule has 0 aliphatic heterocycles. The number of hydrogen-bond acceptors (Lipinski definition) is 4. The van der Waals surface area contributed by atoms with Crippen LogP contribution in [0.5, 0.6) is 5.75 Å².